The molecule has 2 N–H and O–H groups in total. The molecule has 0 saturated heterocycles. The molecule has 0 radical (unpaired) electrons. The van der Waals surface area contributed by atoms with Gasteiger partial charge in [0.05, 0.1) is 26.4 Å². The summed E-state index contributed by atoms with van der Waals surface area (Å²) in [5.74, 6) is 3.24. The van der Waals surface area contributed by atoms with Gasteiger partial charge in [-0.15, -0.1) is 0 Å². The van der Waals surface area contributed by atoms with E-state index in [1.54, 1.807) is 0 Å². The summed E-state index contributed by atoms with van der Waals surface area (Å²) >= 11 is 0. The maximum atomic E-state index is 8.57. The van der Waals surface area contributed by atoms with Gasteiger partial charge in [-0.3, -0.25) is 0 Å². The molecule has 4 nitrogen and oxygen atoms in total. The fourth-order valence-electron chi connectivity index (χ4n) is 2.21. The van der Waals surface area contributed by atoms with Gasteiger partial charge in [0.1, 0.15) is 0 Å². The number of nitrogens with one attached hydrogen (secondary N) is 1. The quantitative estimate of drug-likeness (QED) is 0.453. The van der Waals surface area contributed by atoms with E-state index in [1.165, 1.54) is 24.3 Å². The summed E-state index contributed by atoms with van der Waals surface area (Å²) in [5, 5.41) is 11.9. The van der Waals surface area contributed by atoms with Gasteiger partial charge < -0.3 is 19.9 Å². The molecule has 0 heterocycles. The zero-order chi connectivity index (χ0) is 16.0. The molecule has 0 saturated carbocycles. The second-order valence-electron chi connectivity index (χ2n) is 6.25. The molecule has 0 bridgehead atoms. The number of hydrogen-bond donors (Lipinski definition) is 2. The third-order valence-corrected chi connectivity index (χ3v) is 6.20. The highest BCUT2D eigenvalue weighted by Crippen LogP contribution is 2.40. The van der Waals surface area contributed by atoms with E-state index in [-0.39, 0.29) is 16.6 Å². The summed E-state index contributed by atoms with van der Waals surface area (Å²) in [6, 6.07) is 0. The highest BCUT2D eigenvalue weighted by molar-refractivity contribution is 8.32. The first-order valence-corrected chi connectivity index (χ1v) is 11.0. The van der Waals surface area contributed by atoms with Crippen LogP contribution in [-0.4, -0.2) is 75.2 Å². The van der Waals surface area contributed by atoms with Crippen LogP contribution in [0.25, 0.3) is 0 Å². The van der Waals surface area contributed by atoms with Gasteiger partial charge in [0.25, 0.3) is 0 Å². The molecule has 5 heteroatoms. The van der Waals surface area contributed by atoms with Gasteiger partial charge in [-0.05, 0) is 49.3 Å². The van der Waals surface area contributed by atoms with Crippen molar-refractivity contribution in [3.63, 3.8) is 0 Å². The number of ether oxygens (including phenoxy) is 2. The second kappa shape index (κ2) is 13.8. The zero-order valence-corrected chi connectivity index (χ0v) is 15.3. The molecule has 0 aromatic rings. The van der Waals surface area contributed by atoms with Crippen LogP contribution in [0, 0.1) is 5.92 Å². The fraction of sp³-hybridized carbons (Fsp3) is 1.00. The van der Waals surface area contributed by atoms with E-state index in [1.807, 2.05) is 0 Å². The van der Waals surface area contributed by atoms with Crippen LogP contribution < -0.4 is 5.32 Å². The lowest BCUT2D eigenvalue weighted by molar-refractivity contribution is 0.0888. The summed E-state index contributed by atoms with van der Waals surface area (Å²) in [5.41, 5.74) is 0. The van der Waals surface area contributed by atoms with Crippen molar-refractivity contribution < 1.29 is 14.6 Å². The van der Waals surface area contributed by atoms with Crippen molar-refractivity contribution in [2.24, 2.45) is 5.92 Å². The minimum atomic E-state index is -0.382. The summed E-state index contributed by atoms with van der Waals surface area (Å²) in [6.45, 7) is 9.16. The molecule has 1 unspecified atom stereocenters. The van der Waals surface area contributed by atoms with Crippen molar-refractivity contribution in [3.05, 3.63) is 0 Å². The van der Waals surface area contributed by atoms with E-state index in [0.29, 0.717) is 19.1 Å². The average Bonchev–Trinajstić information content (AvgIpc) is 2.42. The molecule has 130 valence electrons. The molecule has 0 amide bonds. The molecule has 0 rings (SSSR count). The average molecular weight is 324 g/mol. The van der Waals surface area contributed by atoms with Gasteiger partial charge in [-0.25, -0.2) is 10.0 Å². The van der Waals surface area contributed by atoms with E-state index in [0.717, 1.165) is 26.3 Å². The van der Waals surface area contributed by atoms with Gasteiger partial charge in [0.2, 0.25) is 0 Å². The fourth-order valence-corrected chi connectivity index (χ4v) is 4.42. The van der Waals surface area contributed by atoms with Gasteiger partial charge >= 0.3 is 0 Å². The zero-order valence-electron chi connectivity index (χ0n) is 14.5. The first kappa shape index (κ1) is 21.2. The third kappa shape index (κ3) is 14.9. The first-order valence-electron chi connectivity index (χ1n) is 8.17. The predicted octanol–water partition coefficient (Wildman–Crippen LogP) is 2.10. The largest absolute Gasteiger partial charge is 0.394 e. The van der Waals surface area contributed by atoms with Crippen LogP contribution in [0.5, 0.6) is 0 Å². The Hall–Kier alpha value is 0.190. The van der Waals surface area contributed by atoms with Gasteiger partial charge in [0, 0.05) is 13.2 Å². The number of hydrogen-bond acceptors (Lipinski definition) is 4. The maximum Gasteiger partial charge on any atom is 0.0698 e. The van der Waals surface area contributed by atoms with E-state index < -0.39 is 0 Å². The van der Waals surface area contributed by atoms with Crippen LogP contribution >= 0.6 is 10.0 Å². The van der Waals surface area contributed by atoms with E-state index in [9.17, 15) is 0 Å². The summed E-state index contributed by atoms with van der Waals surface area (Å²) in [7, 11) is -0.382. The first-order chi connectivity index (χ1) is 10.0. The highest BCUT2D eigenvalue weighted by atomic mass is 32.3. The standard InChI is InChI=1S/C16H37NO3S/c1-5-12-21(3,4)13-6-9-20-15-16(2)14-17-7-10-19-11-8-18/h16-18H,5-15H2,1-4H3. The lowest BCUT2D eigenvalue weighted by Crippen LogP contribution is -2.27. The van der Waals surface area contributed by atoms with Crippen molar-refractivity contribution in [1.82, 2.24) is 5.32 Å². The lowest BCUT2D eigenvalue weighted by atomic mass is 10.2. The molecule has 1 atom stereocenters. The molecule has 0 aliphatic rings. The second-order valence-corrected chi connectivity index (χ2v) is 10.6. The van der Waals surface area contributed by atoms with Crippen LogP contribution in [0.4, 0.5) is 0 Å². The third-order valence-electron chi connectivity index (χ3n) is 3.30. The van der Waals surface area contributed by atoms with Crippen molar-refractivity contribution in [2.75, 3.05) is 70.1 Å². The smallest absolute Gasteiger partial charge is 0.0698 e. The lowest BCUT2D eigenvalue weighted by Gasteiger charge is -2.30. The monoisotopic (exact) mass is 323 g/mol. The van der Waals surface area contributed by atoms with Crippen molar-refractivity contribution in [1.29, 1.82) is 0 Å². The van der Waals surface area contributed by atoms with Crippen LogP contribution in [0.1, 0.15) is 26.7 Å². The molecule has 0 aromatic carbocycles. The Labute approximate surface area is 133 Å². The van der Waals surface area contributed by atoms with Crippen LogP contribution in [0.15, 0.2) is 0 Å². The summed E-state index contributed by atoms with van der Waals surface area (Å²) in [6.07, 6.45) is 7.36. The van der Waals surface area contributed by atoms with Crippen molar-refractivity contribution in [2.45, 2.75) is 26.7 Å². The van der Waals surface area contributed by atoms with E-state index in [2.05, 4.69) is 31.7 Å². The molecule has 0 aliphatic carbocycles. The molecule has 0 aromatic heterocycles. The topological polar surface area (TPSA) is 50.7 Å². The minimum Gasteiger partial charge on any atom is -0.394 e. The maximum absolute atomic E-state index is 8.57. The summed E-state index contributed by atoms with van der Waals surface area (Å²) in [4.78, 5) is 0. The molecule has 0 spiro atoms. The van der Waals surface area contributed by atoms with Gasteiger partial charge in [0.15, 0.2) is 0 Å². The van der Waals surface area contributed by atoms with E-state index >= 15 is 0 Å². The van der Waals surface area contributed by atoms with Crippen LogP contribution in [-0.2, 0) is 9.47 Å². The molecule has 0 aliphatic heterocycles. The molecular weight excluding hydrogens is 286 g/mol. The van der Waals surface area contributed by atoms with Gasteiger partial charge in [-0.1, -0.05) is 13.8 Å². The number of aliphatic hydroxyl groups is 1. The summed E-state index contributed by atoms with van der Waals surface area (Å²) < 4.78 is 11.0. The Bertz CT molecular complexity index is 228. The SMILES string of the molecule is CCCS(C)(C)CCCOCC(C)CNCCOCCO. The number of aliphatic hydroxyl groups excluding tert-OH is 1. The van der Waals surface area contributed by atoms with Crippen LogP contribution in [0.2, 0.25) is 0 Å². The Morgan fingerprint density at radius 2 is 1.86 bits per heavy atom. The van der Waals surface area contributed by atoms with Crippen molar-refractivity contribution >= 4 is 10.0 Å². The normalized spacial score (nSPS) is 14.3. The molecule has 0 fully saturated rings. The Morgan fingerprint density at radius 1 is 1.10 bits per heavy atom. The number of rotatable bonds is 15. The molecular formula is C16H37NO3S. The minimum absolute atomic E-state index is 0.0982. The molecule has 21 heavy (non-hydrogen) atoms. The van der Waals surface area contributed by atoms with E-state index in [4.69, 9.17) is 14.6 Å². The Morgan fingerprint density at radius 3 is 2.52 bits per heavy atom. The Balaban J connectivity index is 3.35. The van der Waals surface area contributed by atoms with Crippen LogP contribution in [0.3, 0.4) is 0 Å². The van der Waals surface area contributed by atoms with Crippen molar-refractivity contribution in [3.8, 4) is 0 Å². The Kier molecular flexibility index (Phi) is 14.0. The highest BCUT2D eigenvalue weighted by Gasteiger charge is 2.10. The predicted molar refractivity (Wildman–Crippen MR) is 94.8 cm³/mol. The van der Waals surface area contributed by atoms with Gasteiger partial charge in [-0.2, -0.15) is 0 Å².